The second-order valence-electron chi connectivity index (χ2n) is 4.07. The molecule has 2 aromatic rings. The Labute approximate surface area is 106 Å². The maximum absolute atomic E-state index is 5.69. The van der Waals surface area contributed by atoms with Gasteiger partial charge in [-0.3, -0.25) is 0 Å². The molecule has 0 bridgehead atoms. The van der Waals surface area contributed by atoms with Gasteiger partial charge < -0.3 is 15.8 Å². The number of hydrogen-bond donors (Lipinski definition) is 2. The molecule has 0 spiro atoms. The van der Waals surface area contributed by atoms with E-state index in [1.165, 1.54) is 0 Å². The molecule has 0 amide bonds. The van der Waals surface area contributed by atoms with Crippen LogP contribution in [-0.4, -0.2) is 30.2 Å². The Morgan fingerprint density at radius 3 is 2.89 bits per heavy atom. The van der Waals surface area contributed by atoms with Gasteiger partial charge in [0.1, 0.15) is 5.82 Å². The van der Waals surface area contributed by atoms with Crippen molar-refractivity contribution < 1.29 is 4.74 Å². The number of ether oxygens (including phenoxy) is 1. The molecule has 2 rings (SSSR count). The third-order valence-electron chi connectivity index (χ3n) is 2.69. The number of nitrogens with two attached hydrogens (primary N) is 1. The van der Waals surface area contributed by atoms with Gasteiger partial charge >= 0.3 is 0 Å². The first-order chi connectivity index (χ1) is 8.81. The van der Waals surface area contributed by atoms with Gasteiger partial charge in [0.2, 0.25) is 5.95 Å². The molecule has 0 aliphatic heterocycles. The van der Waals surface area contributed by atoms with Gasteiger partial charge in [-0.2, -0.15) is 4.98 Å². The van der Waals surface area contributed by atoms with Crippen LogP contribution in [0.5, 0.6) is 0 Å². The number of nitrogens with one attached hydrogen (secondary N) is 1. The maximum Gasteiger partial charge on any atom is 0.222 e. The second-order valence-corrected chi connectivity index (χ2v) is 4.07. The van der Waals surface area contributed by atoms with Crippen LogP contribution in [0.25, 0.3) is 10.9 Å². The number of unbranched alkanes of at least 4 members (excludes halogenated alkanes) is 1. The average Bonchev–Trinajstić information content (AvgIpc) is 2.38. The quantitative estimate of drug-likeness (QED) is 0.763. The van der Waals surface area contributed by atoms with Gasteiger partial charge in [0, 0.05) is 25.6 Å². The Hall–Kier alpha value is -1.88. The van der Waals surface area contributed by atoms with Gasteiger partial charge in [0.25, 0.3) is 0 Å². The van der Waals surface area contributed by atoms with Gasteiger partial charge in [0.15, 0.2) is 0 Å². The van der Waals surface area contributed by atoms with Crippen molar-refractivity contribution in [3.8, 4) is 0 Å². The van der Waals surface area contributed by atoms with E-state index in [9.17, 15) is 0 Å². The summed E-state index contributed by atoms with van der Waals surface area (Å²) in [5.74, 6) is 1.10. The summed E-state index contributed by atoms with van der Waals surface area (Å²) in [6.07, 6.45) is 2.06. The maximum atomic E-state index is 5.69. The third kappa shape index (κ3) is 3.07. The zero-order valence-corrected chi connectivity index (χ0v) is 10.5. The lowest BCUT2D eigenvalue weighted by molar-refractivity contribution is 0.194. The number of methoxy groups -OCH3 is 1. The van der Waals surface area contributed by atoms with Gasteiger partial charge in [-0.25, -0.2) is 4.98 Å². The summed E-state index contributed by atoms with van der Waals surface area (Å²) in [5.41, 5.74) is 6.56. The van der Waals surface area contributed by atoms with Gasteiger partial charge in [0.05, 0.1) is 5.52 Å². The fourth-order valence-corrected chi connectivity index (χ4v) is 1.81. The van der Waals surface area contributed by atoms with Crippen LogP contribution < -0.4 is 11.1 Å². The Morgan fingerprint density at radius 1 is 1.22 bits per heavy atom. The number of fused-ring (bicyclic) bond motifs is 1. The van der Waals surface area contributed by atoms with E-state index in [-0.39, 0.29) is 0 Å². The minimum Gasteiger partial charge on any atom is -0.385 e. The highest BCUT2D eigenvalue weighted by Crippen LogP contribution is 2.20. The number of para-hydroxylation sites is 1. The summed E-state index contributed by atoms with van der Waals surface area (Å²) in [6, 6.07) is 7.84. The molecule has 0 saturated heterocycles. The molecule has 0 unspecified atom stereocenters. The van der Waals surface area contributed by atoms with Gasteiger partial charge in [-0.15, -0.1) is 0 Å². The van der Waals surface area contributed by atoms with E-state index < -0.39 is 0 Å². The molecule has 1 heterocycles. The van der Waals surface area contributed by atoms with E-state index in [0.717, 1.165) is 42.7 Å². The topological polar surface area (TPSA) is 73.1 Å². The molecule has 3 N–H and O–H groups in total. The first-order valence-corrected chi connectivity index (χ1v) is 6.06. The third-order valence-corrected chi connectivity index (χ3v) is 2.69. The molecule has 1 aromatic heterocycles. The summed E-state index contributed by atoms with van der Waals surface area (Å²) in [4.78, 5) is 8.44. The van der Waals surface area contributed by atoms with E-state index in [4.69, 9.17) is 10.5 Å². The van der Waals surface area contributed by atoms with Crippen LogP contribution in [-0.2, 0) is 4.74 Å². The first-order valence-electron chi connectivity index (χ1n) is 6.06. The van der Waals surface area contributed by atoms with Crippen molar-refractivity contribution in [2.75, 3.05) is 31.3 Å². The lowest BCUT2D eigenvalue weighted by Crippen LogP contribution is -2.07. The Kier molecular flexibility index (Phi) is 4.30. The smallest absolute Gasteiger partial charge is 0.222 e. The van der Waals surface area contributed by atoms with Crippen molar-refractivity contribution >= 4 is 22.7 Å². The van der Waals surface area contributed by atoms with Crippen molar-refractivity contribution in [2.45, 2.75) is 12.8 Å². The molecule has 0 aliphatic carbocycles. The molecular weight excluding hydrogens is 228 g/mol. The van der Waals surface area contributed by atoms with Crippen LogP contribution in [0.2, 0.25) is 0 Å². The van der Waals surface area contributed by atoms with E-state index >= 15 is 0 Å². The number of aromatic nitrogens is 2. The Morgan fingerprint density at radius 2 is 2.06 bits per heavy atom. The lowest BCUT2D eigenvalue weighted by atomic mass is 10.2. The number of nitrogen functional groups attached to an aromatic ring is 1. The average molecular weight is 246 g/mol. The summed E-state index contributed by atoms with van der Waals surface area (Å²) in [7, 11) is 1.71. The van der Waals surface area contributed by atoms with Crippen LogP contribution in [0.1, 0.15) is 12.8 Å². The normalized spacial score (nSPS) is 10.7. The molecule has 1 aromatic carbocycles. The molecule has 0 saturated carbocycles. The van der Waals surface area contributed by atoms with Crippen molar-refractivity contribution in [2.24, 2.45) is 0 Å². The van der Waals surface area contributed by atoms with Crippen LogP contribution >= 0.6 is 0 Å². The first kappa shape index (κ1) is 12.6. The largest absolute Gasteiger partial charge is 0.385 e. The summed E-state index contributed by atoms with van der Waals surface area (Å²) in [5, 5.41) is 4.30. The second kappa shape index (κ2) is 6.16. The molecular formula is C13H18N4O. The zero-order chi connectivity index (χ0) is 12.8. The highest BCUT2D eigenvalue weighted by molar-refractivity contribution is 5.89. The predicted molar refractivity (Wildman–Crippen MR) is 73.6 cm³/mol. The Balaban J connectivity index is 2.07. The summed E-state index contributed by atoms with van der Waals surface area (Å²) in [6.45, 7) is 1.64. The van der Waals surface area contributed by atoms with E-state index in [0.29, 0.717) is 5.95 Å². The van der Waals surface area contributed by atoms with Crippen molar-refractivity contribution in [1.82, 2.24) is 9.97 Å². The molecule has 18 heavy (non-hydrogen) atoms. The highest BCUT2D eigenvalue weighted by Gasteiger charge is 2.04. The van der Waals surface area contributed by atoms with E-state index in [2.05, 4.69) is 15.3 Å². The number of benzene rings is 1. The molecule has 5 heteroatoms. The van der Waals surface area contributed by atoms with Crippen LogP contribution in [0.4, 0.5) is 11.8 Å². The minimum atomic E-state index is 0.299. The lowest BCUT2D eigenvalue weighted by Gasteiger charge is -2.09. The number of rotatable bonds is 6. The van der Waals surface area contributed by atoms with Gasteiger partial charge in [-0.05, 0) is 25.0 Å². The monoisotopic (exact) mass is 246 g/mol. The van der Waals surface area contributed by atoms with Crippen molar-refractivity contribution in [1.29, 1.82) is 0 Å². The SMILES string of the molecule is COCCCCNc1nc(N)nc2ccccc12. The molecule has 0 atom stereocenters. The van der Waals surface area contributed by atoms with Crippen molar-refractivity contribution in [3.05, 3.63) is 24.3 Å². The fraction of sp³-hybridized carbons (Fsp3) is 0.385. The number of hydrogen-bond acceptors (Lipinski definition) is 5. The Bertz CT molecular complexity index is 515. The minimum absolute atomic E-state index is 0.299. The number of nitrogens with zero attached hydrogens (tertiary/aromatic N) is 2. The fourth-order valence-electron chi connectivity index (χ4n) is 1.81. The highest BCUT2D eigenvalue weighted by atomic mass is 16.5. The number of anilines is 2. The predicted octanol–water partition coefficient (Wildman–Crippen LogP) is 2.05. The standard InChI is InChI=1S/C13H18N4O/c1-18-9-5-4-8-15-12-10-6-2-3-7-11(10)16-13(14)17-12/h2-3,6-7H,4-5,8-9H2,1H3,(H3,14,15,16,17). The molecule has 0 fully saturated rings. The van der Waals surface area contributed by atoms with Gasteiger partial charge in [-0.1, -0.05) is 12.1 Å². The zero-order valence-electron chi connectivity index (χ0n) is 10.5. The van der Waals surface area contributed by atoms with Crippen molar-refractivity contribution in [3.63, 3.8) is 0 Å². The summed E-state index contributed by atoms with van der Waals surface area (Å²) < 4.78 is 5.01. The molecule has 0 aliphatic rings. The summed E-state index contributed by atoms with van der Waals surface area (Å²) >= 11 is 0. The molecule has 5 nitrogen and oxygen atoms in total. The van der Waals surface area contributed by atoms with Crippen LogP contribution in [0, 0.1) is 0 Å². The van der Waals surface area contributed by atoms with Crippen LogP contribution in [0.15, 0.2) is 24.3 Å². The van der Waals surface area contributed by atoms with E-state index in [1.54, 1.807) is 7.11 Å². The molecule has 96 valence electrons. The van der Waals surface area contributed by atoms with Crippen LogP contribution in [0.3, 0.4) is 0 Å². The van der Waals surface area contributed by atoms with E-state index in [1.807, 2.05) is 24.3 Å². The molecule has 0 radical (unpaired) electrons.